The second kappa shape index (κ2) is 6.46. The number of hydrogen-bond acceptors (Lipinski definition) is 4. The minimum absolute atomic E-state index is 0.0321. The van der Waals surface area contributed by atoms with Gasteiger partial charge in [0.1, 0.15) is 0 Å². The molecule has 0 saturated carbocycles. The number of nitrogens with one attached hydrogen (secondary N) is 1. The molecule has 1 rings (SSSR count). The SMILES string of the molecule is CNC(=O)COC(=O)c1ccc(SC(F)(F)F)cc1. The van der Waals surface area contributed by atoms with Crippen molar-refractivity contribution in [3.63, 3.8) is 0 Å². The van der Waals surface area contributed by atoms with Crippen LogP contribution in [-0.2, 0) is 9.53 Å². The largest absolute Gasteiger partial charge is 0.452 e. The lowest BCUT2D eigenvalue weighted by Crippen LogP contribution is -2.25. The van der Waals surface area contributed by atoms with Gasteiger partial charge < -0.3 is 10.1 Å². The Labute approximate surface area is 111 Å². The van der Waals surface area contributed by atoms with E-state index in [-0.39, 0.29) is 22.2 Å². The fourth-order valence-corrected chi connectivity index (χ4v) is 1.62. The predicted molar refractivity (Wildman–Crippen MR) is 62.7 cm³/mol. The number of hydrogen-bond donors (Lipinski definition) is 1. The highest BCUT2D eigenvalue weighted by Gasteiger charge is 2.29. The van der Waals surface area contributed by atoms with Crippen molar-refractivity contribution < 1.29 is 27.5 Å². The smallest absolute Gasteiger partial charge is 0.446 e. The number of carbonyl (C=O) groups is 2. The summed E-state index contributed by atoms with van der Waals surface area (Å²) in [6.07, 6.45) is 0. The van der Waals surface area contributed by atoms with Gasteiger partial charge in [0.25, 0.3) is 5.91 Å². The lowest BCUT2D eigenvalue weighted by Gasteiger charge is -2.06. The Morgan fingerprint density at radius 1 is 1.26 bits per heavy atom. The van der Waals surface area contributed by atoms with E-state index >= 15 is 0 Å². The van der Waals surface area contributed by atoms with Gasteiger partial charge in [-0.15, -0.1) is 0 Å². The van der Waals surface area contributed by atoms with E-state index in [1.54, 1.807) is 0 Å². The summed E-state index contributed by atoms with van der Waals surface area (Å²) in [7, 11) is 1.39. The molecule has 4 nitrogen and oxygen atoms in total. The minimum atomic E-state index is -4.37. The first-order valence-corrected chi connectivity index (χ1v) is 5.87. The van der Waals surface area contributed by atoms with E-state index < -0.39 is 24.0 Å². The number of alkyl halides is 3. The molecule has 1 N–H and O–H groups in total. The van der Waals surface area contributed by atoms with Crippen LogP contribution < -0.4 is 5.32 Å². The predicted octanol–water partition coefficient (Wildman–Crippen LogP) is 2.20. The van der Waals surface area contributed by atoms with Crippen molar-refractivity contribution in [1.29, 1.82) is 0 Å². The molecule has 104 valence electrons. The summed E-state index contributed by atoms with van der Waals surface area (Å²) in [5, 5.41) is 2.26. The third-order valence-electron chi connectivity index (χ3n) is 1.94. The molecule has 0 radical (unpaired) electrons. The number of halogens is 3. The number of ether oxygens (including phenoxy) is 1. The molecule has 0 bridgehead atoms. The Balaban J connectivity index is 2.61. The van der Waals surface area contributed by atoms with Gasteiger partial charge in [-0.05, 0) is 36.0 Å². The van der Waals surface area contributed by atoms with Crippen molar-refractivity contribution in [2.45, 2.75) is 10.4 Å². The quantitative estimate of drug-likeness (QED) is 0.683. The van der Waals surface area contributed by atoms with Crippen LogP contribution in [0.1, 0.15) is 10.4 Å². The van der Waals surface area contributed by atoms with Gasteiger partial charge in [-0.25, -0.2) is 4.79 Å². The standard InChI is InChI=1S/C11H10F3NO3S/c1-15-9(16)6-18-10(17)7-2-4-8(5-3-7)19-11(12,13)14/h2-5H,6H2,1H3,(H,15,16). The zero-order valence-electron chi connectivity index (χ0n) is 9.78. The molecule has 19 heavy (non-hydrogen) atoms. The second-order valence-electron chi connectivity index (χ2n) is 3.32. The minimum Gasteiger partial charge on any atom is -0.452 e. The highest BCUT2D eigenvalue weighted by atomic mass is 32.2. The summed E-state index contributed by atoms with van der Waals surface area (Å²) in [5.41, 5.74) is -4.29. The van der Waals surface area contributed by atoms with E-state index in [0.717, 1.165) is 12.1 Å². The third kappa shape index (κ3) is 5.64. The van der Waals surface area contributed by atoms with Crippen molar-refractivity contribution >= 4 is 23.6 Å². The maximum atomic E-state index is 12.1. The van der Waals surface area contributed by atoms with Crippen LogP contribution in [-0.4, -0.2) is 31.0 Å². The summed E-state index contributed by atoms with van der Waals surface area (Å²) in [4.78, 5) is 22.2. The molecular weight excluding hydrogens is 283 g/mol. The van der Waals surface area contributed by atoms with Crippen molar-refractivity contribution in [2.24, 2.45) is 0 Å². The zero-order chi connectivity index (χ0) is 14.5. The molecule has 0 aliphatic rings. The van der Waals surface area contributed by atoms with Gasteiger partial charge in [0.05, 0.1) is 5.56 Å². The summed E-state index contributed by atoms with van der Waals surface area (Å²) in [5.74, 6) is -1.25. The van der Waals surface area contributed by atoms with Gasteiger partial charge in [0.2, 0.25) is 0 Å². The van der Waals surface area contributed by atoms with Crippen LogP contribution in [0, 0.1) is 0 Å². The fourth-order valence-electron chi connectivity index (χ4n) is 1.08. The molecule has 0 atom stereocenters. The van der Waals surface area contributed by atoms with Crippen LogP contribution in [0.15, 0.2) is 29.2 Å². The molecule has 8 heteroatoms. The third-order valence-corrected chi connectivity index (χ3v) is 2.68. The normalized spacial score (nSPS) is 10.9. The monoisotopic (exact) mass is 293 g/mol. The van der Waals surface area contributed by atoms with E-state index in [0.29, 0.717) is 0 Å². The molecule has 0 heterocycles. The first-order valence-electron chi connectivity index (χ1n) is 5.05. The number of benzene rings is 1. The molecule has 0 aromatic heterocycles. The summed E-state index contributed by atoms with van der Waals surface area (Å²) in [6, 6.07) is 4.74. The van der Waals surface area contributed by atoms with E-state index in [1.807, 2.05) is 0 Å². The van der Waals surface area contributed by atoms with Gasteiger partial charge in [-0.1, -0.05) is 0 Å². The van der Waals surface area contributed by atoms with Crippen LogP contribution in [0.2, 0.25) is 0 Å². The number of amides is 1. The first kappa shape index (κ1) is 15.4. The molecule has 0 unspecified atom stereocenters. The maximum Gasteiger partial charge on any atom is 0.446 e. The molecule has 0 fully saturated rings. The van der Waals surface area contributed by atoms with Crippen LogP contribution in [0.25, 0.3) is 0 Å². The Hall–Kier alpha value is -1.70. The maximum absolute atomic E-state index is 12.1. The molecule has 0 saturated heterocycles. The molecule has 0 spiro atoms. The molecule has 1 amide bonds. The number of esters is 1. The average molecular weight is 293 g/mol. The van der Waals surface area contributed by atoms with Crippen molar-refractivity contribution in [3.05, 3.63) is 29.8 Å². The van der Waals surface area contributed by atoms with E-state index in [9.17, 15) is 22.8 Å². The molecule has 0 aliphatic heterocycles. The van der Waals surface area contributed by atoms with Gasteiger partial charge >= 0.3 is 11.5 Å². The van der Waals surface area contributed by atoms with Crippen LogP contribution >= 0.6 is 11.8 Å². The van der Waals surface area contributed by atoms with Gasteiger partial charge in [-0.2, -0.15) is 13.2 Å². The van der Waals surface area contributed by atoms with Crippen molar-refractivity contribution in [3.8, 4) is 0 Å². The Morgan fingerprint density at radius 2 is 1.84 bits per heavy atom. The summed E-state index contributed by atoms with van der Waals surface area (Å²) < 4.78 is 40.9. The first-order chi connectivity index (χ1) is 8.81. The number of thioether (sulfide) groups is 1. The van der Waals surface area contributed by atoms with Crippen LogP contribution in [0.3, 0.4) is 0 Å². The van der Waals surface area contributed by atoms with Gasteiger partial charge in [0, 0.05) is 11.9 Å². The van der Waals surface area contributed by atoms with Crippen molar-refractivity contribution in [1.82, 2.24) is 5.32 Å². The summed E-state index contributed by atoms with van der Waals surface area (Å²) in [6.45, 7) is -0.436. The van der Waals surface area contributed by atoms with E-state index in [2.05, 4.69) is 10.1 Å². The molecule has 1 aromatic rings. The Morgan fingerprint density at radius 3 is 2.32 bits per heavy atom. The average Bonchev–Trinajstić information content (AvgIpc) is 2.34. The lowest BCUT2D eigenvalue weighted by atomic mass is 10.2. The fraction of sp³-hybridized carbons (Fsp3) is 0.273. The van der Waals surface area contributed by atoms with Crippen LogP contribution in [0.5, 0.6) is 0 Å². The lowest BCUT2D eigenvalue weighted by molar-refractivity contribution is -0.123. The van der Waals surface area contributed by atoms with E-state index in [4.69, 9.17) is 0 Å². The van der Waals surface area contributed by atoms with E-state index in [1.165, 1.54) is 19.2 Å². The zero-order valence-corrected chi connectivity index (χ0v) is 10.6. The Bertz CT molecular complexity index is 459. The number of carbonyl (C=O) groups excluding carboxylic acids is 2. The molecule has 1 aromatic carbocycles. The van der Waals surface area contributed by atoms with Gasteiger partial charge in [-0.3, -0.25) is 4.79 Å². The summed E-state index contributed by atoms with van der Waals surface area (Å²) >= 11 is -0.273. The number of likely N-dealkylation sites (N-methyl/N-ethyl adjacent to an activating group) is 1. The Kier molecular flexibility index (Phi) is 5.22. The van der Waals surface area contributed by atoms with Gasteiger partial charge in [0.15, 0.2) is 6.61 Å². The topological polar surface area (TPSA) is 55.4 Å². The highest BCUT2D eigenvalue weighted by Crippen LogP contribution is 2.36. The highest BCUT2D eigenvalue weighted by molar-refractivity contribution is 8.00. The molecule has 0 aliphatic carbocycles. The molecular formula is C11H10F3NO3S. The van der Waals surface area contributed by atoms with Crippen molar-refractivity contribution in [2.75, 3.05) is 13.7 Å². The number of rotatable bonds is 4. The second-order valence-corrected chi connectivity index (χ2v) is 4.46. The van der Waals surface area contributed by atoms with Crippen LogP contribution in [0.4, 0.5) is 13.2 Å².